The molecule has 9 heteroatoms. The van der Waals surface area contributed by atoms with Gasteiger partial charge in [-0.05, 0) is 34.6 Å². The molecule has 8 nitrogen and oxygen atoms in total. The van der Waals surface area contributed by atoms with E-state index >= 15 is 0 Å². The minimum Gasteiger partial charge on any atom is -0.466 e. The van der Waals surface area contributed by atoms with Crippen molar-refractivity contribution >= 4 is 20.5 Å². The minimum absolute atomic E-state index is 0.0153. The number of carbonyl (C=O) groups is 2. The molecule has 0 bridgehead atoms. The van der Waals surface area contributed by atoms with Crippen molar-refractivity contribution < 1.29 is 28.1 Å². The maximum absolute atomic E-state index is 11.9. The Kier molecular flexibility index (Phi) is 13.5. The van der Waals surface area contributed by atoms with Gasteiger partial charge in [-0.2, -0.15) is 5.26 Å². The standard InChI is InChI=1S/C18H31N2O6P/c1-7-23-17(21)12-16(13-18(22)24-8-2)26-27(25-11-9-10-19)20(14(3)4)15(5)6/h15-16H,3,7-9,11-13H2,1-2,4-6H3. The minimum atomic E-state index is -1.67. The first-order valence-corrected chi connectivity index (χ1v) is 10.1. The largest absolute Gasteiger partial charge is 0.466 e. The van der Waals surface area contributed by atoms with Crippen molar-refractivity contribution in [2.24, 2.45) is 0 Å². The summed E-state index contributed by atoms with van der Waals surface area (Å²) in [5.74, 6) is -0.935. The second kappa shape index (κ2) is 14.4. The third-order valence-corrected chi connectivity index (χ3v) is 5.15. The molecule has 0 saturated heterocycles. The monoisotopic (exact) mass is 402 g/mol. The molecule has 0 radical (unpaired) electrons. The van der Waals surface area contributed by atoms with Gasteiger partial charge in [-0.15, -0.1) is 0 Å². The van der Waals surface area contributed by atoms with Gasteiger partial charge < -0.3 is 23.2 Å². The highest BCUT2D eigenvalue weighted by molar-refractivity contribution is 7.44. The van der Waals surface area contributed by atoms with Gasteiger partial charge in [0.15, 0.2) is 0 Å². The topological polar surface area (TPSA) is 98.1 Å². The average Bonchev–Trinajstić information content (AvgIpc) is 2.54. The van der Waals surface area contributed by atoms with E-state index in [0.29, 0.717) is 0 Å². The van der Waals surface area contributed by atoms with Crippen LogP contribution in [0.4, 0.5) is 0 Å². The highest BCUT2D eigenvalue weighted by Crippen LogP contribution is 2.48. The van der Waals surface area contributed by atoms with Gasteiger partial charge in [-0.1, -0.05) is 6.58 Å². The summed E-state index contributed by atoms with van der Waals surface area (Å²) >= 11 is 0. The second-order valence-corrected chi connectivity index (χ2v) is 7.27. The molecule has 0 saturated carbocycles. The summed E-state index contributed by atoms with van der Waals surface area (Å²) in [5, 5.41) is 8.76. The zero-order chi connectivity index (χ0) is 20.8. The normalized spacial score (nSPS) is 11.8. The van der Waals surface area contributed by atoms with Crippen molar-refractivity contribution in [1.82, 2.24) is 4.67 Å². The molecule has 27 heavy (non-hydrogen) atoms. The van der Waals surface area contributed by atoms with Crippen molar-refractivity contribution in [2.45, 2.75) is 66.0 Å². The average molecular weight is 402 g/mol. The number of esters is 2. The van der Waals surface area contributed by atoms with Crippen LogP contribution in [-0.2, 0) is 28.1 Å². The fourth-order valence-corrected chi connectivity index (χ4v) is 3.76. The molecule has 0 heterocycles. The van der Waals surface area contributed by atoms with Crippen LogP contribution in [-0.4, -0.2) is 48.6 Å². The Morgan fingerprint density at radius 2 is 1.67 bits per heavy atom. The van der Waals surface area contributed by atoms with Crippen LogP contribution >= 0.6 is 8.53 Å². The third kappa shape index (κ3) is 10.9. The number of carbonyl (C=O) groups excluding carboxylic acids is 2. The van der Waals surface area contributed by atoms with Crippen LogP contribution in [0.1, 0.15) is 53.9 Å². The molecule has 0 aliphatic rings. The molecule has 0 aliphatic heterocycles. The predicted octanol–water partition coefficient (Wildman–Crippen LogP) is 3.68. The molecule has 0 amide bonds. The van der Waals surface area contributed by atoms with Crippen LogP contribution in [0, 0.1) is 11.3 Å². The molecule has 0 fully saturated rings. The smallest absolute Gasteiger partial charge is 0.308 e. The van der Waals surface area contributed by atoms with Crippen molar-refractivity contribution in [3.63, 3.8) is 0 Å². The first-order chi connectivity index (χ1) is 12.8. The van der Waals surface area contributed by atoms with Gasteiger partial charge in [0.2, 0.25) is 0 Å². The summed E-state index contributed by atoms with van der Waals surface area (Å²) in [6.45, 7) is 13.7. The second-order valence-electron chi connectivity index (χ2n) is 5.90. The molecule has 0 N–H and O–H groups in total. The van der Waals surface area contributed by atoms with Gasteiger partial charge in [0.05, 0.1) is 51.3 Å². The summed E-state index contributed by atoms with van der Waals surface area (Å²) < 4.78 is 23.6. The summed E-state index contributed by atoms with van der Waals surface area (Å²) in [7, 11) is -1.67. The molecule has 154 valence electrons. The Balaban J connectivity index is 5.37. The SMILES string of the molecule is C=C(C)N(C(C)C)P(OCCC#N)OC(CC(=O)OCC)CC(=O)OCC. The van der Waals surface area contributed by atoms with Crippen molar-refractivity contribution in [1.29, 1.82) is 5.26 Å². The molecule has 1 unspecified atom stereocenters. The summed E-state index contributed by atoms with van der Waals surface area (Å²) in [6.07, 6.45) is -0.772. The molecule has 0 aromatic carbocycles. The highest BCUT2D eigenvalue weighted by Gasteiger charge is 2.30. The lowest BCUT2D eigenvalue weighted by molar-refractivity contribution is -0.148. The fourth-order valence-electron chi connectivity index (χ4n) is 2.17. The van der Waals surface area contributed by atoms with Crippen LogP contribution in [0.2, 0.25) is 0 Å². The van der Waals surface area contributed by atoms with Gasteiger partial charge in [0, 0.05) is 11.7 Å². The van der Waals surface area contributed by atoms with Crippen LogP contribution in [0.15, 0.2) is 12.3 Å². The molecule has 0 spiro atoms. The molecule has 0 rings (SSSR count). The van der Waals surface area contributed by atoms with Crippen molar-refractivity contribution in [3.05, 3.63) is 12.3 Å². The van der Waals surface area contributed by atoms with Gasteiger partial charge in [-0.25, -0.2) is 0 Å². The lowest BCUT2D eigenvalue weighted by Crippen LogP contribution is -2.29. The van der Waals surface area contributed by atoms with E-state index in [-0.39, 0.29) is 45.1 Å². The predicted molar refractivity (Wildman–Crippen MR) is 102 cm³/mol. The zero-order valence-electron chi connectivity index (χ0n) is 16.9. The van der Waals surface area contributed by atoms with Gasteiger partial charge in [0.1, 0.15) is 0 Å². The summed E-state index contributed by atoms with van der Waals surface area (Å²) in [5.41, 5.74) is 0.721. The number of hydrogen-bond donors (Lipinski definition) is 0. The zero-order valence-corrected chi connectivity index (χ0v) is 17.8. The lowest BCUT2D eigenvalue weighted by atomic mass is 10.2. The maximum atomic E-state index is 11.9. The Morgan fingerprint density at radius 1 is 1.15 bits per heavy atom. The van der Waals surface area contributed by atoms with E-state index in [1.807, 2.05) is 31.5 Å². The van der Waals surface area contributed by atoms with Crippen molar-refractivity contribution in [2.75, 3.05) is 19.8 Å². The van der Waals surface area contributed by atoms with Gasteiger partial charge >= 0.3 is 11.9 Å². The molecule has 0 aromatic heterocycles. The Bertz CT molecular complexity index is 500. The van der Waals surface area contributed by atoms with E-state index in [0.717, 1.165) is 5.70 Å². The molecule has 0 aliphatic carbocycles. The third-order valence-electron chi connectivity index (χ3n) is 3.11. The van der Waals surface area contributed by atoms with E-state index in [1.165, 1.54) is 0 Å². The van der Waals surface area contributed by atoms with Gasteiger partial charge in [0.25, 0.3) is 8.53 Å². The number of allylic oxidation sites excluding steroid dienone is 1. The molecule has 1 atom stereocenters. The first kappa shape index (κ1) is 25.3. The van der Waals surface area contributed by atoms with Crippen molar-refractivity contribution in [3.8, 4) is 6.07 Å². The van der Waals surface area contributed by atoms with Gasteiger partial charge in [-0.3, -0.25) is 9.59 Å². The van der Waals surface area contributed by atoms with Crippen LogP contribution < -0.4 is 0 Å². The van der Waals surface area contributed by atoms with E-state index in [9.17, 15) is 9.59 Å². The molecular weight excluding hydrogens is 371 g/mol. The van der Waals surface area contributed by atoms with E-state index < -0.39 is 26.6 Å². The number of ether oxygens (including phenoxy) is 2. The number of nitrogens with zero attached hydrogens (tertiary/aromatic N) is 2. The van der Waals surface area contributed by atoms with E-state index in [1.54, 1.807) is 13.8 Å². The maximum Gasteiger partial charge on any atom is 0.308 e. The van der Waals surface area contributed by atoms with Crippen LogP contribution in [0.3, 0.4) is 0 Å². The van der Waals surface area contributed by atoms with E-state index in [4.69, 9.17) is 23.8 Å². The lowest BCUT2D eigenvalue weighted by Gasteiger charge is -2.36. The fraction of sp³-hybridized carbons (Fsp3) is 0.722. The quantitative estimate of drug-likeness (QED) is 0.247. The highest BCUT2D eigenvalue weighted by atomic mass is 31.2. The Labute approximate surface area is 163 Å². The van der Waals surface area contributed by atoms with Crippen LogP contribution in [0.25, 0.3) is 0 Å². The Hall–Kier alpha value is -1.68. The summed E-state index contributed by atoms with van der Waals surface area (Å²) in [4.78, 5) is 23.8. The number of nitriles is 1. The summed E-state index contributed by atoms with van der Waals surface area (Å²) in [6, 6.07) is 2.03. The first-order valence-electron chi connectivity index (χ1n) is 8.99. The van der Waals surface area contributed by atoms with E-state index in [2.05, 4.69) is 6.58 Å². The molecular formula is C18H31N2O6P. The Morgan fingerprint density at radius 3 is 2.04 bits per heavy atom. The molecule has 0 aromatic rings. The van der Waals surface area contributed by atoms with Crippen LogP contribution in [0.5, 0.6) is 0 Å². The number of hydrogen-bond acceptors (Lipinski definition) is 8. The number of rotatable bonds is 14.